The number of carbonyl (C=O) groups excluding carboxylic acids is 1. The predicted molar refractivity (Wildman–Crippen MR) is 46.8 cm³/mol. The van der Waals surface area contributed by atoms with Gasteiger partial charge in [-0.15, -0.1) is 0 Å². The highest BCUT2D eigenvalue weighted by Gasteiger charge is 1.87. The summed E-state index contributed by atoms with van der Waals surface area (Å²) in [6, 6.07) is 0. The van der Waals surface area contributed by atoms with E-state index >= 15 is 0 Å². The van der Waals surface area contributed by atoms with Crippen LogP contribution in [0.5, 0.6) is 0 Å². The van der Waals surface area contributed by atoms with Gasteiger partial charge in [0.15, 0.2) is 0 Å². The van der Waals surface area contributed by atoms with Crippen LogP contribution in [0.15, 0.2) is 29.3 Å². The lowest BCUT2D eigenvalue weighted by molar-refractivity contribution is -0.109. The van der Waals surface area contributed by atoms with E-state index < -0.39 is 0 Å². The van der Waals surface area contributed by atoms with Crippen LogP contribution in [-0.2, 0) is 4.79 Å². The number of aliphatic imine (C=N–C) groups is 1. The number of hydrogen-bond acceptors (Lipinski definition) is 2. The average molecular weight is 152 g/mol. The Morgan fingerprint density at radius 2 is 2.45 bits per heavy atom. The maximum absolute atomic E-state index is 9.91. The van der Waals surface area contributed by atoms with Crippen LogP contribution in [0.2, 0.25) is 0 Å². The van der Waals surface area contributed by atoms with Crippen LogP contribution in [0, 0.1) is 0 Å². The monoisotopic (exact) mass is 152 g/mol. The van der Waals surface area contributed by atoms with Crippen molar-refractivity contribution >= 4 is 12.6 Å². The summed E-state index contributed by atoms with van der Waals surface area (Å²) in [5.41, 5.74) is 0.926. The Kier molecular flexibility index (Phi) is 5.89. The van der Waals surface area contributed by atoms with Gasteiger partial charge in [0.1, 0.15) is 0 Å². The van der Waals surface area contributed by atoms with E-state index in [0.29, 0.717) is 13.0 Å². The maximum atomic E-state index is 9.91. The van der Waals surface area contributed by atoms with Crippen molar-refractivity contribution in [3.8, 4) is 0 Å². The molecular formula is C8H12N2O. The van der Waals surface area contributed by atoms with Crippen LogP contribution in [0.3, 0.4) is 0 Å². The van der Waals surface area contributed by atoms with Gasteiger partial charge in [-0.3, -0.25) is 9.79 Å². The minimum atomic E-state index is 0.493. The first-order valence-corrected chi connectivity index (χ1v) is 3.26. The van der Waals surface area contributed by atoms with Crippen molar-refractivity contribution in [1.82, 2.24) is 5.32 Å². The van der Waals surface area contributed by atoms with E-state index in [1.165, 1.54) is 0 Å². The maximum Gasteiger partial charge on any atom is 0.207 e. The Bertz CT molecular complexity index is 183. The van der Waals surface area contributed by atoms with E-state index in [4.69, 9.17) is 0 Å². The van der Waals surface area contributed by atoms with Crippen molar-refractivity contribution in [2.24, 2.45) is 4.99 Å². The Balaban J connectivity index is 3.98. The second kappa shape index (κ2) is 6.74. The molecule has 3 nitrogen and oxygen atoms in total. The van der Waals surface area contributed by atoms with E-state index in [9.17, 15) is 4.79 Å². The Morgan fingerprint density at radius 3 is 2.91 bits per heavy atom. The molecule has 0 rings (SSSR count). The number of nitrogens with zero attached hydrogens (tertiary/aromatic N) is 1. The van der Waals surface area contributed by atoms with Crippen molar-refractivity contribution < 1.29 is 4.79 Å². The van der Waals surface area contributed by atoms with E-state index in [1.54, 1.807) is 25.4 Å². The van der Waals surface area contributed by atoms with Gasteiger partial charge in [0.25, 0.3) is 0 Å². The van der Waals surface area contributed by atoms with Crippen molar-refractivity contribution in [3.63, 3.8) is 0 Å². The van der Waals surface area contributed by atoms with Crippen LogP contribution in [0.4, 0.5) is 0 Å². The van der Waals surface area contributed by atoms with Gasteiger partial charge in [-0.1, -0.05) is 18.7 Å². The number of rotatable bonds is 5. The summed E-state index contributed by atoms with van der Waals surface area (Å²) >= 11 is 0. The fourth-order valence-corrected chi connectivity index (χ4v) is 0.624. The fourth-order valence-electron chi connectivity index (χ4n) is 0.624. The Labute approximate surface area is 66.5 Å². The molecule has 0 saturated carbocycles. The zero-order chi connectivity index (χ0) is 8.53. The zero-order valence-electron chi connectivity index (χ0n) is 6.58. The largest absolute Gasteiger partial charge is 0.355 e. The third-order valence-electron chi connectivity index (χ3n) is 1.02. The molecule has 0 aromatic rings. The SMILES string of the molecule is C=C/C=C(\C=NC)CNC=O. The summed E-state index contributed by atoms with van der Waals surface area (Å²) in [6.07, 6.45) is 5.78. The van der Waals surface area contributed by atoms with E-state index in [-0.39, 0.29) is 0 Å². The highest BCUT2D eigenvalue weighted by molar-refractivity contribution is 5.79. The number of carbonyl (C=O) groups is 1. The van der Waals surface area contributed by atoms with Gasteiger partial charge < -0.3 is 5.32 Å². The minimum Gasteiger partial charge on any atom is -0.355 e. The summed E-state index contributed by atoms with van der Waals surface area (Å²) < 4.78 is 0. The molecule has 0 aromatic carbocycles. The van der Waals surface area contributed by atoms with Crippen molar-refractivity contribution in [1.29, 1.82) is 0 Å². The summed E-state index contributed by atoms with van der Waals surface area (Å²) in [5.74, 6) is 0. The first-order chi connectivity index (χ1) is 5.35. The molecule has 1 amide bonds. The lowest BCUT2D eigenvalue weighted by Crippen LogP contribution is -2.14. The zero-order valence-corrected chi connectivity index (χ0v) is 6.58. The van der Waals surface area contributed by atoms with Gasteiger partial charge in [0.05, 0.1) is 0 Å². The van der Waals surface area contributed by atoms with Crippen LogP contribution in [-0.4, -0.2) is 26.2 Å². The highest BCUT2D eigenvalue weighted by atomic mass is 16.1. The molecule has 0 aromatic heterocycles. The van der Waals surface area contributed by atoms with Gasteiger partial charge in [-0.05, 0) is 5.57 Å². The Morgan fingerprint density at radius 1 is 1.73 bits per heavy atom. The summed E-state index contributed by atoms with van der Waals surface area (Å²) in [4.78, 5) is 13.7. The molecule has 0 spiro atoms. The standard InChI is InChI=1S/C8H12N2O/c1-3-4-8(5-9-2)6-10-7-11/h3-5,7H,1,6H2,2H3,(H,10,11)/b8-4+,9-5?. The number of amides is 1. The molecule has 0 fully saturated rings. The molecule has 11 heavy (non-hydrogen) atoms. The molecule has 0 unspecified atom stereocenters. The lowest BCUT2D eigenvalue weighted by atomic mass is 10.2. The van der Waals surface area contributed by atoms with Crippen molar-refractivity contribution in [2.75, 3.05) is 13.6 Å². The van der Waals surface area contributed by atoms with Crippen LogP contribution in [0.25, 0.3) is 0 Å². The van der Waals surface area contributed by atoms with E-state index in [0.717, 1.165) is 5.57 Å². The second-order valence-corrected chi connectivity index (χ2v) is 1.86. The fraction of sp³-hybridized carbons (Fsp3) is 0.250. The van der Waals surface area contributed by atoms with Gasteiger partial charge in [0.2, 0.25) is 6.41 Å². The summed E-state index contributed by atoms with van der Waals surface area (Å²) in [7, 11) is 1.68. The van der Waals surface area contributed by atoms with E-state index in [2.05, 4.69) is 16.9 Å². The van der Waals surface area contributed by atoms with Crippen LogP contribution in [0.1, 0.15) is 0 Å². The molecule has 0 bridgehead atoms. The second-order valence-electron chi connectivity index (χ2n) is 1.86. The van der Waals surface area contributed by atoms with Gasteiger partial charge >= 0.3 is 0 Å². The van der Waals surface area contributed by atoms with Crippen molar-refractivity contribution in [2.45, 2.75) is 0 Å². The number of allylic oxidation sites excluding steroid dienone is 2. The van der Waals surface area contributed by atoms with Gasteiger partial charge in [-0.25, -0.2) is 0 Å². The van der Waals surface area contributed by atoms with Gasteiger partial charge in [-0.2, -0.15) is 0 Å². The normalized spacial score (nSPS) is 11.5. The molecule has 0 atom stereocenters. The molecular weight excluding hydrogens is 140 g/mol. The summed E-state index contributed by atoms with van der Waals surface area (Å²) in [5, 5.41) is 2.53. The molecule has 0 heterocycles. The summed E-state index contributed by atoms with van der Waals surface area (Å²) in [6.45, 7) is 4.03. The van der Waals surface area contributed by atoms with Gasteiger partial charge in [0, 0.05) is 19.8 Å². The minimum absolute atomic E-state index is 0.493. The average Bonchev–Trinajstić information content (AvgIpc) is 2.01. The molecule has 1 N–H and O–H groups in total. The molecule has 0 saturated heterocycles. The number of nitrogens with one attached hydrogen (secondary N) is 1. The van der Waals surface area contributed by atoms with Crippen LogP contribution >= 0.6 is 0 Å². The first kappa shape index (κ1) is 9.62. The van der Waals surface area contributed by atoms with E-state index in [1.807, 2.05) is 0 Å². The molecule has 0 aliphatic carbocycles. The third-order valence-corrected chi connectivity index (χ3v) is 1.02. The molecule has 3 heteroatoms. The van der Waals surface area contributed by atoms with Crippen LogP contribution < -0.4 is 5.32 Å². The molecule has 0 radical (unpaired) electrons. The first-order valence-electron chi connectivity index (χ1n) is 3.26. The smallest absolute Gasteiger partial charge is 0.207 e. The predicted octanol–water partition coefficient (Wildman–Crippen LogP) is 0.545. The quantitative estimate of drug-likeness (QED) is 0.349. The Hall–Kier alpha value is -1.38. The number of hydrogen-bond donors (Lipinski definition) is 1. The third kappa shape index (κ3) is 5.08. The molecule has 0 aliphatic rings. The van der Waals surface area contributed by atoms with Crippen molar-refractivity contribution in [3.05, 3.63) is 24.3 Å². The molecule has 0 aliphatic heterocycles. The lowest BCUT2D eigenvalue weighted by Gasteiger charge is -1.96. The topological polar surface area (TPSA) is 41.5 Å². The highest BCUT2D eigenvalue weighted by Crippen LogP contribution is 1.87. The molecule has 60 valence electrons.